The lowest BCUT2D eigenvalue weighted by atomic mass is 9.89. The number of aliphatic hydroxyl groups excluding tert-OH is 7. The van der Waals surface area contributed by atoms with E-state index >= 15 is 0 Å². The highest BCUT2D eigenvalue weighted by molar-refractivity contribution is 7.84. The number of aliphatic hydroxyl groups is 7. The standard InChI is InChI=1S/C34H57N3O40S5/c1-7-9(4-66-80(56,57)58)69-31(12(15(7)39)35-8(2)38)74-24-18(42)20(44)34(76-26(24)28(46)47)73-23-11(6-68-82(62,63)64)71-32(14(17(23)41)37-79(53,54)55)75-25-19(43)21(45)33(77-27(25)29(48)49)72-22-10(5-67-81(59,60)61)70-30(65-3)13(16(22)40)36-78(50,51)52/h7,9-27,30-34,36-37,39-45H,4-6H2,1-3H3,(H,35,38)(H,46,47)(H,48,49)(H,50,51,52)(H,53,54,55)(H,56,57,58)(H,59,60,61)(H,62,63,64)/t7-,9-,10-,11-,12-,13-,14-,15+,16-,17-,18-,19-,20-,21-,22-,23-,24+,25+,26+,27-,30+,31-,32-,33-,34-/m1/s1. The summed E-state index contributed by atoms with van der Waals surface area (Å²) in [4.78, 5) is 37.6. The number of ether oxygens (including phenoxy) is 10. The molecule has 5 saturated heterocycles. The van der Waals surface area contributed by atoms with Gasteiger partial charge in [-0.1, -0.05) is 6.92 Å². The highest BCUT2D eigenvalue weighted by Gasteiger charge is 2.59. The lowest BCUT2D eigenvalue weighted by molar-refractivity contribution is -0.375. The molecule has 0 radical (unpaired) electrons. The first-order valence-corrected chi connectivity index (χ1v) is 29.7. The molecule has 478 valence electrons. The Kier molecular flexibility index (Phi) is 23.4. The molecule has 0 aromatic heterocycles. The Balaban J connectivity index is 1.45. The number of hydrogen-bond donors (Lipinski definition) is 17. The van der Waals surface area contributed by atoms with E-state index in [4.69, 9.17) is 51.9 Å². The summed E-state index contributed by atoms with van der Waals surface area (Å²) in [5.41, 5.74) is 0. The molecule has 0 aliphatic carbocycles. The zero-order valence-corrected chi connectivity index (χ0v) is 45.6. The van der Waals surface area contributed by atoms with E-state index in [1.807, 2.05) is 0 Å². The van der Waals surface area contributed by atoms with E-state index in [-0.39, 0.29) is 0 Å². The first-order chi connectivity index (χ1) is 37.5. The monoisotopic (exact) mass is 1310 g/mol. The Labute approximate surface area is 462 Å². The van der Waals surface area contributed by atoms with Crippen LogP contribution in [0.1, 0.15) is 13.8 Å². The van der Waals surface area contributed by atoms with Gasteiger partial charge >= 0.3 is 63.7 Å². The van der Waals surface area contributed by atoms with Crippen LogP contribution in [0.25, 0.3) is 0 Å². The molecule has 43 nitrogen and oxygen atoms in total. The van der Waals surface area contributed by atoms with E-state index in [9.17, 15) is 121 Å². The quantitative estimate of drug-likeness (QED) is 0.0377. The van der Waals surface area contributed by atoms with E-state index in [2.05, 4.69) is 17.9 Å². The Morgan fingerprint density at radius 1 is 0.439 bits per heavy atom. The van der Waals surface area contributed by atoms with Crippen LogP contribution in [0, 0.1) is 5.92 Å². The summed E-state index contributed by atoms with van der Waals surface area (Å²) in [6, 6.07) is -6.54. The van der Waals surface area contributed by atoms with Crippen molar-refractivity contribution in [1.29, 1.82) is 0 Å². The number of amides is 1. The molecule has 17 N–H and O–H groups in total. The molecule has 0 saturated carbocycles. The molecule has 5 aliphatic rings. The lowest BCUT2D eigenvalue weighted by Gasteiger charge is -2.50. The maximum Gasteiger partial charge on any atom is 0.397 e. The second kappa shape index (κ2) is 27.4. The van der Waals surface area contributed by atoms with Crippen molar-refractivity contribution in [2.24, 2.45) is 5.92 Å². The fourth-order valence-corrected chi connectivity index (χ4v) is 10.9. The van der Waals surface area contributed by atoms with Crippen molar-refractivity contribution < 1.29 is 185 Å². The molecule has 5 fully saturated rings. The Morgan fingerprint density at radius 3 is 1.11 bits per heavy atom. The van der Waals surface area contributed by atoms with Gasteiger partial charge in [-0.05, 0) is 0 Å². The minimum atomic E-state index is -5.72. The zero-order valence-electron chi connectivity index (χ0n) is 41.5. The van der Waals surface area contributed by atoms with Gasteiger partial charge < -0.3 is 98.6 Å². The van der Waals surface area contributed by atoms with E-state index in [1.54, 1.807) is 0 Å². The third kappa shape index (κ3) is 18.6. The van der Waals surface area contributed by atoms with Crippen LogP contribution in [0.5, 0.6) is 0 Å². The Morgan fingerprint density at radius 2 is 0.768 bits per heavy atom. The van der Waals surface area contributed by atoms with Crippen LogP contribution in [-0.2, 0) is 126 Å². The summed E-state index contributed by atoms with van der Waals surface area (Å²) >= 11 is 0. The van der Waals surface area contributed by atoms with Crippen molar-refractivity contribution >= 4 is 69.7 Å². The fourth-order valence-electron chi connectivity index (χ4n) is 8.82. The number of carboxylic acids is 2. The molecule has 1 amide bonds. The molecule has 0 aromatic rings. The van der Waals surface area contributed by atoms with E-state index < -0.39 is 243 Å². The van der Waals surface area contributed by atoms with Crippen LogP contribution in [0.4, 0.5) is 0 Å². The second-order valence-corrected chi connectivity index (χ2v) is 23.8. The highest BCUT2D eigenvalue weighted by Crippen LogP contribution is 2.37. The molecule has 25 atom stereocenters. The van der Waals surface area contributed by atoms with Crippen LogP contribution in [0.2, 0.25) is 0 Å². The van der Waals surface area contributed by atoms with Gasteiger partial charge in [0, 0.05) is 20.0 Å². The van der Waals surface area contributed by atoms with Gasteiger partial charge in [-0.3, -0.25) is 27.6 Å². The van der Waals surface area contributed by atoms with Gasteiger partial charge in [0.15, 0.2) is 43.7 Å². The maximum atomic E-state index is 12.8. The molecule has 48 heteroatoms. The predicted octanol–water partition coefficient (Wildman–Crippen LogP) is -11.4. The van der Waals surface area contributed by atoms with Gasteiger partial charge in [-0.15, -0.1) is 0 Å². The van der Waals surface area contributed by atoms with E-state index in [1.165, 1.54) is 16.4 Å². The van der Waals surface area contributed by atoms with Gasteiger partial charge in [-0.2, -0.15) is 51.5 Å². The van der Waals surface area contributed by atoms with Gasteiger partial charge in [0.25, 0.3) is 0 Å². The molecular formula is C34H57N3O40S5. The molecule has 0 bridgehead atoms. The second-order valence-electron chi connectivity index (χ2n) is 18.2. The van der Waals surface area contributed by atoms with Crippen molar-refractivity contribution in [3.05, 3.63) is 0 Å². The average Bonchev–Trinajstić information content (AvgIpc) is 3.30. The lowest BCUT2D eigenvalue weighted by Crippen LogP contribution is -2.70. The number of methoxy groups -OCH3 is 1. The minimum Gasteiger partial charge on any atom is -0.479 e. The van der Waals surface area contributed by atoms with Crippen molar-refractivity contribution in [2.45, 2.75) is 161 Å². The van der Waals surface area contributed by atoms with Crippen LogP contribution < -0.4 is 14.8 Å². The largest absolute Gasteiger partial charge is 0.479 e. The van der Waals surface area contributed by atoms with Crippen molar-refractivity contribution in [3.8, 4) is 0 Å². The number of carbonyl (C=O) groups is 3. The number of nitrogens with one attached hydrogen (secondary N) is 3. The van der Waals surface area contributed by atoms with E-state index in [0.717, 1.165) is 14.0 Å². The number of carbonyl (C=O) groups excluding carboxylic acids is 1. The molecule has 0 aromatic carbocycles. The highest BCUT2D eigenvalue weighted by atomic mass is 32.3. The SMILES string of the molecule is CO[C@H]1O[C@H](COS(=O)(=O)O)[C@@H](O[C@@H]2O[C@@H](C(=O)O)[C@@H](O[C@H]3O[C@H](COS(=O)(=O)O)[C@@H](O[C@@H]4O[C@H](C(=O)O)[C@@H](O[C@H]5O[C@H](COS(=O)(=O)O)[C@@H](C)[C@H](O)[C@H]5NC(C)=O)[C@H](O)[C@H]4O)[C@H](O)[C@H]3NS(=O)(=O)O)[C@H](O)[C@H]2O)[C@H](O)[C@H]1NS(=O)(=O)O. The molecular weight excluding hydrogens is 1250 g/mol. The molecule has 5 aliphatic heterocycles. The van der Waals surface area contributed by atoms with Crippen LogP contribution in [0.3, 0.4) is 0 Å². The van der Waals surface area contributed by atoms with Crippen LogP contribution in [-0.4, -0.2) is 303 Å². The Hall–Kier alpha value is -2.92. The Bertz CT molecular complexity index is 2800. The number of hydrogen-bond acceptors (Lipinski definition) is 33. The summed E-state index contributed by atoms with van der Waals surface area (Å²) < 4.78 is 234. The third-order valence-corrected chi connectivity index (χ3v) is 14.9. The molecule has 0 unspecified atom stereocenters. The summed E-state index contributed by atoms with van der Waals surface area (Å²) in [6.45, 7) is -1.85. The zero-order chi connectivity index (χ0) is 62.1. The molecule has 5 rings (SSSR count). The van der Waals surface area contributed by atoms with Crippen LogP contribution in [0.15, 0.2) is 0 Å². The fraction of sp³-hybridized carbons (Fsp3) is 0.912. The average molecular weight is 1310 g/mol. The minimum absolute atomic E-state index is 0.845. The number of carboxylic acid groups (broad SMARTS) is 2. The van der Waals surface area contributed by atoms with Crippen LogP contribution >= 0.6 is 0 Å². The van der Waals surface area contributed by atoms with Gasteiger partial charge in [0.05, 0.1) is 32.0 Å². The van der Waals surface area contributed by atoms with Gasteiger partial charge in [0.1, 0.15) is 91.4 Å². The molecule has 5 heterocycles. The van der Waals surface area contributed by atoms with Gasteiger partial charge in [-0.25, -0.2) is 22.1 Å². The molecule has 82 heavy (non-hydrogen) atoms. The molecule has 0 spiro atoms. The number of aliphatic carboxylic acids is 2. The normalized spacial score (nSPS) is 40.9. The van der Waals surface area contributed by atoms with Crippen molar-refractivity contribution in [2.75, 3.05) is 26.9 Å². The first-order valence-electron chi connectivity index (χ1n) is 22.8. The van der Waals surface area contributed by atoms with E-state index in [0.29, 0.717) is 0 Å². The maximum absolute atomic E-state index is 12.8. The topological polar surface area (TPSA) is 661 Å². The smallest absolute Gasteiger partial charge is 0.397 e. The van der Waals surface area contributed by atoms with Gasteiger partial charge in [0.2, 0.25) is 5.91 Å². The summed E-state index contributed by atoms with van der Waals surface area (Å²) in [5, 5.41) is 102. The first kappa shape index (κ1) is 69.8. The summed E-state index contributed by atoms with van der Waals surface area (Å²) in [5.74, 6) is -6.38. The third-order valence-electron chi connectivity index (χ3n) is 12.5. The van der Waals surface area contributed by atoms with Crippen molar-refractivity contribution in [1.82, 2.24) is 14.8 Å². The summed E-state index contributed by atoms with van der Waals surface area (Å²) in [7, 11) is -26.3. The number of rotatable bonds is 25. The summed E-state index contributed by atoms with van der Waals surface area (Å²) in [6.07, 6.45) is -51.5. The van der Waals surface area contributed by atoms with Crippen molar-refractivity contribution in [3.63, 3.8) is 0 Å². The predicted molar refractivity (Wildman–Crippen MR) is 243 cm³/mol.